The van der Waals surface area contributed by atoms with E-state index in [0.29, 0.717) is 37.5 Å². The average Bonchev–Trinajstić information content (AvgIpc) is 3.28. The monoisotopic (exact) mass is 327 g/mol. The summed E-state index contributed by atoms with van der Waals surface area (Å²) in [6.07, 6.45) is 0.913. The number of rotatable bonds is 3. The van der Waals surface area contributed by atoms with Crippen molar-refractivity contribution < 1.29 is 13.9 Å². The van der Waals surface area contributed by atoms with Crippen molar-refractivity contribution in [3.05, 3.63) is 47.2 Å². The Bertz CT molecular complexity index is 757. The van der Waals surface area contributed by atoms with Crippen LogP contribution in [0.2, 0.25) is 0 Å². The molecule has 0 unspecified atom stereocenters. The maximum atomic E-state index is 13.0. The molecule has 1 aromatic heterocycles. The standard InChI is InChI=1S/C18H21N3O3/c1-11-5-3-4-6-13(11)14-9-15(14)18(22)21-7-8-23-10-16(21)17-20-19-12(2)24-17/h3-6,14-16H,7-10H2,1-2H3/t14-,15+,16-/m0/s1. The first-order valence-electron chi connectivity index (χ1n) is 8.39. The Morgan fingerprint density at radius 1 is 1.25 bits per heavy atom. The van der Waals surface area contributed by atoms with Crippen molar-refractivity contribution in [1.82, 2.24) is 15.1 Å². The molecule has 1 aromatic carbocycles. The minimum absolute atomic E-state index is 0.0516. The van der Waals surface area contributed by atoms with Gasteiger partial charge in [0.25, 0.3) is 0 Å². The highest BCUT2D eigenvalue weighted by Crippen LogP contribution is 2.50. The number of benzene rings is 1. The van der Waals surface area contributed by atoms with Gasteiger partial charge in [-0.3, -0.25) is 4.79 Å². The SMILES string of the molecule is Cc1nnc([C@@H]2COCCN2C(=O)[C@@H]2C[C@H]2c2ccccc2C)o1. The Balaban J connectivity index is 1.52. The van der Waals surface area contributed by atoms with Gasteiger partial charge >= 0.3 is 0 Å². The summed E-state index contributed by atoms with van der Waals surface area (Å²) in [6.45, 7) is 5.39. The molecule has 1 saturated carbocycles. The molecule has 1 aliphatic heterocycles. The fourth-order valence-electron chi connectivity index (χ4n) is 3.55. The van der Waals surface area contributed by atoms with Crippen molar-refractivity contribution in [2.75, 3.05) is 19.8 Å². The van der Waals surface area contributed by atoms with Gasteiger partial charge < -0.3 is 14.1 Å². The molecule has 2 aromatic rings. The van der Waals surface area contributed by atoms with Crippen molar-refractivity contribution in [3.63, 3.8) is 0 Å². The lowest BCUT2D eigenvalue weighted by Gasteiger charge is -2.33. The number of nitrogens with zero attached hydrogens (tertiary/aromatic N) is 3. The fourth-order valence-corrected chi connectivity index (χ4v) is 3.55. The predicted molar refractivity (Wildman–Crippen MR) is 86.3 cm³/mol. The Kier molecular flexibility index (Phi) is 3.84. The van der Waals surface area contributed by atoms with Crippen LogP contribution in [0.4, 0.5) is 0 Å². The average molecular weight is 327 g/mol. The minimum Gasteiger partial charge on any atom is -0.423 e. The molecule has 0 radical (unpaired) electrons. The van der Waals surface area contributed by atoms with Crippen molar-refractivity contribution in [2.24, 2.45) is 5.92 Å². The molecule has 0 spiro atoms. The second-order valence-corrected chi connectivity index (χ2v) is 6.59. The smallest absolute Gasteiger partial charge is 0.241 e. The number of carbonyl (C=O) groups excluding carboxylic acids is 1. The van der Waals surface area contributed by atoms with E-state index in [4.69, 9.17) is 9.15 Å². The molecular weight excluding hydrogens is 306 g/mol. The van der Waals surface area contributed by atoms with Crippen molar-refractivity contribution in [1.29, 1.82) is 0 Å². The van der Waals surface area contributed by atoms with E-state index in [1.165, 1.54) is 11.1 Å². The van der Waals surface area contributed by atoms with E-state index in [2.05, 4.69) is 29.3 Å². The maximum Gasteiger partial charge on any atom is 0.241 e. The van der Waals surface area contributed by atoms with Crippen LogP contribution in [0.15, 0.2) is 28.7 Å². The van der Waals surface area contributed by atoms with Gasteiger partial charge in [-0.05, 0) is 30.4 Å². The number of hydrogen-bond acceptors (Lipinski definition) is 5. The zero-order valence-corrected chi connectivity index (χ0v) is 13.9. The molecule has 1 amide bonds. The summed E-state index contributed by atoms with van der Waals surface area (Å²) in [4.78, 5) is 14.9. The summed E-state index contributed by atoms with van der Waals surface area (Å²) in [5, 5.41) is 7.96. The Morgan fingerprint density at radius 2 is 2.08 bits per heavy atom. The van der Waals surface area contributed by atoms with Crippen LogP contribution in [0.5, 0.6) is 0 Å². The zero-order valence-electron chi connectivity index (χ0n) is 13.9. The number of aromatic nitrogens is 2. The van der Waals surface area contributed by atoms with Gasteiger partial charge in [0.05, 0.1) is 13.2 Å². The van der Waals surface area contributed by atoms with Crippen LogP contribution in [0.3, 0.4) is 0 Å². The maximum absolute atomic E-state index is 13.0. The van der Waals surface area contributed by atoms with Crippen LogP contribution >= 0.6 is 0 Å². The van der Waals surface area contributed by atoms with E-state index >= 15 is 0 Å². The Labute approximate surface area is 140 Å². The fraction of sp³-hybridized carbons (Fsp3) is 0.500. The summed E-state index contributed by atoms with van der Waals surface area (Å²) in [5.41, 5.74) is 2.54. The lowest BCUT2D eigenvalue weighted by Crippen LogP contribution is -2.44. The molecule has 2 fully saturated rings. The highest BCUT2D eigenvalue weighted by Gasteiger charge is 2.48. The molecule has 24 heavy (non-hydrogen) atoms. The first-order valence-corrected chi connectivity index (χ1v) is 8.39. The molecule has 6 nitrogen and oxygen atoms in total. The van der Waals surface area contributed by atoms with Gasteiger partial charge in [0, 0.05) is 19.4 Å². The molecule has 2 aliphatic rings. The van der Waals surface area contributed by atoms with Crippen LogP contribution in [-0.2, 0) is 9.53 Å². The third kappa shape index (κ3) is 2.71. The van der Waals surface area contributed by atoms with Crippen LogP contribution in [-0.4, -0.2) is 40.8 Å². The molecule has 3 atom stereocenters. The Hall–Kier alpha value is -2.21. The van der Waals surface area contributed by atoms with Gasteiger partial charge in [-0.15, -0.1) is 10.2 Å². The quantitative estimate of drug-likeness (QED) is 0.866. The molecule has 6 heteroatoms. The summed E-state index contributed by atoms with van der Waals surface area (Å²) >= 11 is 0. The number of ether oxygens (including phenoxy) is 1. The second-order valence-electron chi connectivity index (χ2n) is 6.59. The number of amides is 1. The van der Waals surface area contributed by atoms with E-state index in [1.54, 1.807) is 6.92 Å². The largest absolute Gasteiger partial charge is 0.423 e. The van der Waals surface area contributed by atoms with Gasteiger partial charge in [-0.25, -0.2) is 0 Å². The normalized spacial score (nSPS) is 26.4. The first kappa shape index (κ1) is 15.3. The van der Waals surface area contributed by atoms with E-state index in [0.717, 1.165) is 6.42 Å². The number of hydrogen-bond donors (Lipinski definition) is 0. The summed E-state index contributed by atoms with van der Waals surface area (Å²) in [5.74, 6) is 1.52. The molecule has 1 saturated heterocycles. The molecule has 4 rings (SSSR count). The van der Waals surface area contributed by atoms with Crippen molar-refractivity contribution in [3.8, 4) is 0 Å². The van der Waals surface area contributed by atoms with E-state index in [9.17, 15) is 4.79 Å². The molecule has 126 valence electrons. The molecular formula is C18H21N3O3. The molecule has 2 heterocycles. The summed E-state index contributed by atoms with van der Waals surface area (Å²) < 4.78 is 11.1. The third-order valence-electron chi connectivity index (χ3n) is 4.93. The second kappa shape index (κ2) is 6.02. The summed E-state index contributed by atoms with van der Waals surface area (Å²) in [7, 11) is 0. The van der Waals surface area contributed by atoms with Crippen LogP contribution in [0.25, 0.3) is 0 Å². The lowest BCUT2D eigenvalue weighted by atomic mass is 10.0. The number of morpholine rings is 1. The van der Waals surface area contributed by atoms with Crippen molar-refractivity contribution in [2.45, 2.75) is 32.2 Å². The third-order valence-corrected chi connectivity index (χ3v) is 4.93. The van der Waals surface area contributed by atoms with Gasteiger partial charge in [0.1, 0.15) is 6.04 Å². The van der Waals surface area contributed by atoms with Gasteiger partial charge in [-0.1, -0.05) is 24.3 Å². The molecule has 1 aliphatic carbocycles. The number of carbonyl (C=O) groups is 1. The van der Waals surface area contributed by atoms with Gasteiger partial charge in [0.2, 0.25) is 17.7 Å². The zero-order chi connectivity index (χ0) is 16.7. The highest BCUT2D eigenvalue weighted by molar-refractivity contribution is 5.83. The van der Waals surface area contributed by atoms with E-state index in [-0.39, 0.29) is 17.9 Å². The van der Waals surface area contributed by atoms with Crippen LogP contribution < -0.4 is 0 Å². The van der Waals surface area contributed by atoms with E-state index in [1.807, 2.05) is 17.0 Å². The molecule has 0 N–H and O–H groups in total. The van der Waals surface area contributed by atoms with Crippen LogP contribution in [0.1, 0.15) is 41.3 Å². The van der Waals surface area contributed by atoms with Crippen molar-refractivity contribution >= 4 is 5.91 Å². The topological polar surface area (TPSA) is 68.5 Å². The van der Waals surface area contributed by atoms with Crippen LogP contribution in [0, 0.1) is 19.8 Å². The Morgan fingerprint density at radius 3 is 2.83 bits per heavy atom. The minimum atomic E-state index is -0.273. The molecule has 0 bridgehead atoms. The predicted octanol–water partition coefficient (Wildman–Crippen LogP) is 2.39. The number of aryl methyl sites for hydroxylation is 2. The lowest BCUT2D eigenvalue weighted by molar-refractivity contribution is -0.142. The van der Waals surface area contributed by atoms with E-state index < -0.39 is 0 Å². The first-order chi connectivity index (χ1) is 11.6. The van der Waals surface area contributed by atoms with Gasteiger partial charge in [-0.2, -0.15) is 0 Å². The highest BCUT2D eigenvalue weighted by atomic mass is 16.5. The van der Waals surface area contributed by atoms with Gasteiger partial charge in [0.15, 0.2) is 0 Å². The summed E-state index contributed by atoms with van der Waals surface area (Å²) in [6, 6.07) is 8.04.